The summed E-state index contributed by atoms with van der Waals surface area (Å²) in [7, 11) is 0. The maximum atomic E-state index is 11.0. The molecule has 1 aromatic heterocycles. The summed E-state index contributed by atoms with van der Waals surface area (Å²) in [5.74, 6) is 1.89. The Balaban J connectivity index is 0.000000614. The number of aliphatic hydroxyl groups excluding tert-OH is 1. The lowest BCUT2D eigenvalue weighted by Crippen LogP contribution is -3.00. The summed E-state index contributed by atoms with van der Waals surface area (Å²) in [6.45, 7) is 2.97. The van der Waals surface area contributed by atoms with E-state index >= 15 is 0 Å². The molecule has 0 amide bonds. The zero-order chi connectivity index (χ0) is 18.5. The highest BCUT2D eigenvalue weighted by molar-refractivity contribution is 5.33. The van der Waals surface area contributed by atoms with Crippen LogP contribution in [-0.4, -0.2) is 23.2 Å². The number of para-hydroxylation sites is 1. The van der Waals surface area contributed by atoms with Gasteiger partial charge in [-0.3, -0.25) is 0 Å². The highest BCUT2D eigenvalue weighted by Crippen LogP contribution is 2.24. The summed E-state index contributed by atoms with van der Waals surface area (Å²) in [5.41, 5.74) is 5.82. The predicted molar refractivity (Wildman–Crippen MR) is 90.9 cm³/mol. The average Bonchev–Trinajstić information content (AvgIpc) is 3.24. The first-order valence-corrected chi connectivity index (χ1v) is 8.06. The lowest BCUT2D eigenvalue weighted by atomic mass is 10.1. The van der Waals surface area contributed by atoms with E-state index in [1.54, 1.807) is 0 Å². The van der Waals surface area contributed by atoms with E-state index in [1.165, 1.54) is 5.56 Å². The molecule has 1 aliphatic rings. The predicted octanol–water partition coefficient (Wildman–Crippen LogP) is -1.32. The van der Waals surface area contributed by atoms with E-state index in [1.807, 2.05) is 59.3 Å². The van der Waals surface area contributed by atoms with E-state index < -0.39 is 6.10 Å². The van der Waals surface area contributed by atoms with Gasteiger partial charge in [-0.1, -0.05) is 52.7 Å². The van der Waals surface area contributed by atoms with Gasteiger partial charge in [0.1, 0.15) is 5.69 Å². The maximum absolute atomic E-state index is 11.0. The van der Waals surface area contributed by atoms with Gasteiger partial charge in [-0.05, 0) is 31.0 Å². The minimum Gasteiger partial charge on any atom is -1.00 e. The molecule has 0 spiro atoms. The highest BCUT2D eigenvalue weighted by Gasteiger charge is 2.35. The quantitative estimate of drug-likeness (QED) is 0.587. The van der Waals surface area contributed by atoms with Crippen LogP contribution in [0, 0.1) is 6.92 Å². The SMILES string of the molecule is Cc1ccc([C@@H](O)c2n(-c3ccccc3)nc3[n+]2CCC3)cc1.[2H]O[2H].[Cl-]. The molecule has 3 aromatic rings. The molecule has 5 nitrogen and oxygen atoms in total. The van der Waals surface area contributed by atoms with Gasteiger partial charge in [0, 0.05) is 11.5 Å². The number of aliphatic hydroxyl groups is 1. The molecule has 4 rings (SSSR count). The van der Waals surface area contributed by atoms with Crippen molar-refractivity contribution in [2.24, 2.45) is 0 Å². The highest BCUT2D eigenvalue weighted by atomic mass is 35.5. The fraction of sp³-hybridized carbons (Fsp3) is 0.263. The molecule has 2 heterocycles. The van der Waals surface area contributed by atoms with Crippen LogP contribution in [0.4, 0.5) is 0 Å². The molecular formula is C19H22ClN3O2. The molecule has 2 aromatic carbocycles. The molecule has 3 N–H and O–H groups in total. The summed E-state index contributed by atoms with van der Waals surface area (Å²) >= 11 is 0. The first-order valence-electron chi connectivity index (χ1n) is 8.87. The molecule has 0 unspecified atom stereocenters. The number of hydrogen-bond donors (Lipinski definition) is 1. The summed E-state index contributed by atoms with van der Waals surface area (Å²) in [5, 5.41) is 15.7. The van der Waals surface area contributed by atoms with Gasteiger partial charge in [0.15, 0.2) is 6.10 Å². The topological polar surface area (TPSA) is 73.4 Å². The Morgan fingerprint density at radius 3 is 2.56 bits per heavy atom. The van der Waals surface area contributed by atoms with Crippen molar-refractivity contribution in [2.45, 2.75) is 32.4 Å². The molecule has 1 atom stereocenters. The third-order valence-corrected chi connectivity index (χ3v) is 4.44. The van der Waals surface area contributed by atoms with E-state index in [0.29, 0.717) is 0 Å². The van der Waals surface area contributed by atoms with Crippen LogP contribution in [0.3, 0.4) is 0 Å². The van der Waals surface area contributed by atoms with Crippen molar-refractivity contribution >= 4 is 0 Å². The first-order chi connectivity index (χ1) is 12.7. The van der Waals surface area contributed by atoms with E-state index in [9.17, 15) is 5.11 Å². The zero-order valence-electron chi connectivity index (χ0n) is 16.0. The van der Waals surface area contributed by atoms with Gasteiger partial charge in [0.2, 0.25) is 2.86 Å². The second kappa shape index (κ2) is 7.78. The van der Waals surface area contributed by atoms with Crippen molar-refractivity contribution in [2.75, 3.05) is 0 Å². The number of benzene rings is 2. The monoisotopic (exact) mass is 361 g/mol. The first kappa shape index (κ1) is 16.3. The Bertz CT molecular complexity index is 857. The minimum atomic E-state index is -0.685. The number of hydrogen-bond acceptors (Lipinski definition) is 2. The minimum absolute atomic E-state index is 0. The third-order valence-electron chi connectivity index (χ3n) is 4.44. The second-order valence-electron chi connectivity index (χ2n) is 6.09. The molecule has 0 radical (unpaired) electrons. The summed E-state index contributed by atoms with van der Waals surface area (Å²) in [4.78, 5) is 0. The largest absolute Gasteiger partial charge is 1.00 e. The van der Waals surface area contributed by atoms with E-state index in [2.05, 4.69) is 17.0 Å². The molecule has 25 heavy (non-hydrogen) atoms. The molecule has 0 aliphatic carbocycles. The maximum Gasteiger partial charge on any atom is 0.278 e. The van der Waals surface area contributed by atoms with E-state index in [-0.39, 0.29) is 12.4 Å². The van der Waals surface area contributed by atoms with Crippen LogP contribution in [0.1, 0.15) is 35.3 Å². The van der Waals surface area contributed by atoms with Crippen LogP contribution in [0.25, 0.3) is 5.69 Å². The van der Waals surface area contributed by atoms with Gasteiger partial charge < -0.3 is 23.0 Å². The van der Waals surface area contributed by atoms with Gasteiger partial charge in [-0.2, -0.15) is 0 Å². The lowest BCUT2D eigenvalue weighted by Gasteiger charge is -2.10. The van der Waals surface area contributed by atoms with E-state index in [4.69, 9.17) is 7.96 Å². The zero-order valence-corrected chi connectivity index (χ0v) is 14.7. The normalized spacial score (nSPS) is 14.3. The lowest BCUT2D eigenvalue weighted by molar-refractivity contribution is -0.701. The molecule has 132 valence electrons. The van der Waals surface area contributed by atoms with Crippen LogP contribution in [0.2, 0.25) is 0 Å². The van der Waals surface area contributed by atoms with Gasteiger partial charge in [-0.15, -0.1) is 0 Å². The standard InChI is InChI=1S/C19H20N3O.ClH.H2O/c1-14-9-11-15(12-10-14)18(23)19-21-13-5-8-17(21)20-22(19)16-6-3-2-4-7-16;;/h2-4,6-7,9-12,18,23H,5,8,13H2,1H3;1H;1H2/q+1;;/p-1/t18-;;/m1../s1/i/hD2. The molecule has 0 bridgehead atoms. The van der Waals surface area contributed by atoms with Crippen LogP contribution >= 0.6 is 0 Å². The van der Waals surface area contributed by atoms with Gasteiger partial charge in [0.05, 0.1) is 6.54 Å². The van der Waals surface area contributed by atoms with Gasteiger partial charge in [-0.25, -0.2) is 4.57 Å². The molecule has 1 aliphatic heterocycles. The Morgan fingerprint density at radius 1 is 1.20 bits per heavy atom. The number of halogens is 1. The van der Waals surface area contributed by atoms with Crippen molar-refractivity contribution in [1.29, 1.82) is 2.86 Å². The summed E-state index contributed by atoms with van der Waals surface area (Å²) < 4.78 is 14.8. The molecular weight excluding hydrogens is 338 g/mol. The fourth-order valence-electron chi connectivity index (χ4n) is 3.21. The van der Waals surface area contributed by atoms with Crippen molar-refractivity contribution in [1.82, 2.24) is 9.78 Å². The average molecular weight is 362 g/mol. The smallest absolute Gasteiger partial charge is 0.278 e. The molecule has 6 heteroatoms. The van der Waals surface area contributed by atoms with E-state index in [0.717, 1.165) is 42.3 Å². The Hall–Kier alpha value is -2.21. The summed E-state index contributed by atoms with van der Waals surface area (Å²) in [6.07, 6.45) is 1.37. The molecule has 0 saturated carbocycles. The third kappa shape index (κ3) is 3.44. The summed E-state index contributed by atoms with van der Waals surface area (Å²) in [6, 6.07) is 18.1. The Morgan fingerprint density at radius 2 is 1.88 bits per heavy atom. The number of aryl methyl sites for hydroxylation is 2. The van der Waals surface area contributed by atoms with Crippen LogP contribution in [0.5, 0.6) is 0 Å². The van der Waals surface area contributed by atoms with Gasteiger partial charge in [0.25, 0.3) is 11.6 Å². The van der Waals surface area contributed by atoms with Crippen LogP contribution in [0.15, 0.2) is 54.6 Å². The van der Waals surface area contributed by atoms with Crippen LogP contribution in [-0.2, 0) is 13.0 Å². The Kier molecular flexibility index (Phi) is 5.06. The molecule has 0 fully saturated rings. The number of nitrogens with zero attached hydrogens (tertiary/aromatic N) is 3. The van der Waals surface area contributed by atoms with Crippen molar-refractivity contribution in [3.8, 4) is 5.69 Å². The number of aromatic nitrogens is 3. The molecule has 0 saturated heterocycles. The van der Waals surface area contributed by atoms with Crippen molar-refractivity contribution < 1.29 is 27.6 Å². The van der Waals surface area contributed by atoms with Crippen molar-refractivity contribution in [3.63, 3.8) is 0 Å². The van der Waals surface area contributed by atoms with Crippen LogP contribution < -0.4 is 17.0 Å². The fourth-order valence-corrected chi connectivity index (χ4v) is 3.21. The number of fused-ring (bicyclic) bond motifs is 1. The Labute approximate surface area is 156 Å². The second-order valence-corrected chi connectivity index (χ2v) is 6.09. The van der Waals surface area contributed by atoms with Crippen molar-refractivity contribution in [3.05, 3.63) is 77.4 Å². The van der Waals surface area contributed by atoms with Gasteiger partial charge >= 0.3 is 0 Å². The number of rotatable bonds is 3.